The van der Waals surface area contributed by atoms with Gasteiger partial charge in [-0.3, -0.25) is 0 Å². The third kappa shape index (κ3) is 5.07. The summed E-state index contributed by atoms with van der Waals surface area (Å²) in [5.41, 5.74) is 3.82. The molecular formula is C23H28ClF. The highest BCUT2D eigenvalue weighted by Crippen LogP contribution is 2.37. The molecule has 25 heavy (non-hydrogen) atoms. The van der Waals surface area contributed by atoms with Crippen LogP contribution in [-0.2, 0) is 12.8 Å². The smallest absolute Gasteiger partial charge is 0.142 e. The van der Waals surface area contributed by atoms with Gasteiger partial charge in [-0.05, 0) is 79.2 Å². The first kappa shape index (κ1) is 18.5. The molecular weight excluding hydrogens is 331 g/mol. The van der Waals surface area contributed by atoms with E-state index in [0.717, 1.165) is 30.2 Å². The first-order valence-corrected chi connectivity index (χ1v) is 10.1. The molecule has 0 radical (unpaired) electrons. The summed E-state index contributed by atoms with van der Waals surface area (Å²) in [6.07, 6.45) is 9.96. The van der Waals surface area contributed by atoms with Crippen LogP contribution >= 0.6 is 11.6 Å². The van der Waals surface area contributed by atoms with E-state index in [1.165, 1.54) is 49.7 Å². The Morgan fingerprint density at radius 1 is 0.920 bits per heavy atom. The van der Waals surface area contributed by atoms with Crippen LogP contribution in [-0.4, -0.2) is 0 Å². The van der Waals surface area contributed by atoms with E-state index >= 15 is 0 Å². The SMILES string of the molecule is CCCC1CCC(c2ccc(CCc3ccc(Cl)c(F)c3)cc2)CC1. The monoisotopic (exact) mass is 358 g/mol. The topological polar surface area (TPSA) is 0 Å². The lowest BCUT2D eigenvalue weighted by atomic mass is 9.77. The van der Waals surface area contributed by atoms with Gasteiger partial charge in [0.1, 0.15) is 5.82 Å². The molecule has 0 nitrogen and oxygen atoms in total. The Labute approximate surface area is 156 Å². The highest BCUT2D eigenvalue weighted by Gasteiger charge is 2.21. The number of halogens is 2. The Bertz CT molecular complexity index is 669. The molecule has 2 heteroatoms. The van der Waals surface area contributed by atoms with E-state index in [0.29, 0.717) is 0 Å². The van der Waals surface area contributed by atoms with Crippen molar-refractivity contribution in [1.29, 1.82) is 0 Å². The van der Waals surface area contributed by atoms with Gasteiger partial charge in [0.2, 0.25) is 0 Å². The Morgan fingerprint density at radius 2 is 1.56 bits per heavy atom. The molecule has 0 heterocycles. The summed E-state index contributed by atoms with van der Waals surface area (Å²) in [5, 5.41) is 0.196. The molecule has 0 bridgehead atoms. The van der Waals surface area contributed by atoms with Gasteiger partial charge in [-0.2, -0.15) is 0 Å². The van der Waals surface area contributed by atoms with Crippen LogP contribution in [0, 0.1) is 11.7 Å². The van der Waals surface area contributed by atoms with E-state index < -0.39 is 0 Å². The molecule has 0 spiro atoms. The summed E-state index contributed by atoms with van der Waals surface area (Å²) in [6, 6.07) is 14.2. The third-order valence-electron chi connectivity index (χ3n) is 5.68. The van der Waals surface area contributed by atoms with Gasteiger partial charge in [-0.25, -0.2) is 4.39 Å². The van der Waals surface area contributed by atoms with Crippen LogP contribution in [0.4, 0.5) is 4.39 Å². The minimum absolute atomic E-state index is 0.196. The standard InChI is InChI=1S/C23H28ClF/c1-2-3-17-6-11-20(12-7-17)21-13-8-18(9-14-21)4-5-19-10-15-22(24)23(25)16-19/h8-10,13-17,20H,2-7,11-12H2,1H3. The molecule has 0 aromatic heterocycles. The summed E-state index contributed by atoms with van der Waals surface area (Å²) in [6.45, 7) is 2.29. The fourth-order valence-electron chi connectivity index (χ4n) is 4.13. The predicted molar refractivity (Wildman–Crippen MR) is 105 cm³/mol. The van der Waals surface area contributed by atoms with Crippen molar-refractivity contribution in [1.82, 2.24) is 0 Å². The van der Waals surface area contributed by atoms with Crippen molar-refractivity contribution in [2.24, 2.45) is 5.92 Å². The second-order valence-electron chi connectivity index (χ2n) is 7.50. The average Bonchev–Trinajstić information content (AvgIpc) is 2.64. The molecule has 0 unspecified atom stereocenters. The van der Waals surface area contributed by atoms with Gasteiger partial charge in [-0.15, -0.1) is 0 Å². The van der Waals surface area contributed by atoms with Crippen LogP contribution in [0.2, 0.25) is 5.02 Å². The Hall–Kier alpha value is -1.34. The van der Waals surface area contributed by atoms with Crippen molar-refractivity contribution in [3.63, 3.8) is 0 Å². The normalized spacial score (nSPS) is 20.6. The van der Waals surface area contributed by atoms with Gasteiger partial charge < -0.3 is 0 Å². The average molecular weight is 359 g/mol. The van der Waals surface area contributed by atoms with E-state index in [1.54, 1.807) is 12.1 Å². The number of benzene rings is 2. The van der Waals surface area contributed by atoms with Gasteiger partial charge >= 0.3 is 0 Å². The van der Waals surface area contributed by atoms with Gasteiger partial charge in [0.25, 0.3) is 0 Å². The van der Waals surface area contributed by atoms with Crippen molar-refractivity contribution in [3.8, 4) is 0 Å². The Balaban J connectivity index is 1.53. The zero-order valence-electron chi connectivity index (χ0n) is 15.1. The van der Waals surface area contributed by atoms with E-state index in [4.69, 9.17) is 11.6 Å². The van der Waals surface area contributed by atoms with Crippen molar-refractivity contribution in [2.75, 3.05) is 0 Å². The van der Waals surface area contributed by atoms with Gasteiger partial charge in [-0.1, -0.05) is 61.7 Å². The minimum atomic E-state index is -0.326. The largest absolute Gasteiger partial charge is 0.205 e. The zero-order valence-corrected chi connectivity index (χ0v) is 15.9. The lowest BCUT2D eigenvalue weighted by Gasteiger charge is -2.28. The van der Waals surface area contributed by atoms with Crippen molar-refractivity contribution in [2.45, 2.75) is 64.2 Å². The second kappa shape index (κ2) is 8.85. The molecule has 0 aliphatic heterocycles. The molecule has 1 saturated carbocycles. The van der Waals surface area contributed by atoms with Crippen LogP contribution in [0.15, 0.2) is 42.5 Å². The first-order valence-electron chi connectivity index (χ1n) is 9.68. The fourth-order valence-corrected chi connectivity index (χ4v) is 4.25. The van der Waals surface area contributed by atoms with E-state index in [-0.39, 0.29) is 10.8 Å². The lowest BCUT2D eigenvalue weighted by molar-refractivity contribution is 0.308. The van der Waals surface area contributed by atoms with Crippen LogP contribution in [0.1, 0.15) is 68.1 Å². The van der Waals surface area contributed by atoms with E-state index in [9.17, 15) is 4.39 Å². The summed E-state index contributed by atoms with van der Waals surface area (Å²) in [7, 11) is 0. The van der Waals surface area contributed by atoms with E-state index in [1.807, 2.05) is 6.07 Å². The Morgan fingerprint density at radius 3 is 2.20 bits per heavy atom. The summed E-state index contributed by atoms with van der Waals surface area (Å²) < 4.78 is 13.5. The summed E-state index contributed by atoms with van der Waals surface area (Å²) in [5.74, 6) is 1.38. The quantitative estimate of drug-likeness (QED) is 0.506. The molecule has 0 atom stereocenters. The molecule has 1 aliphatic carbocycles. The minimum Gasteiger partial charge on any atom is -0.205 e. The van der Waals surface area contributed by atoms with Gasteiger partial charge in [0.05, 0.1) is 5.02 Å². The molecule has 2 aromatic carbocycles. The van der Waals surface area contributed by atoms with Crippen LogP contribution in [0.25, 0.3) is 0 Å². The van der Waals surface area contributed by atoms with Gasteiger partial charge in [0.15, 0.2) is 0 Å². The number of hydrogen-bond acceptors (Lipinski definition) is 0. The third-order valence-corrected chi connectivity index (χ3v) is 5.99. The predicted octanol–water partition coefficient (Wildman–Crippen LogP) is 7.34. The molecule has 1 aliphatic rings. The zero-order chi connectivity index (χ0) is 17.6. The van der Waals surface area contributed by atoms with E-state index in [2.05, 4.69) is 31.2 Å². The first-order chi connectivity index (χ1) is 12.2. The summed E-state index contributed by atoms with van der Waals surface area (Å²) in [4.78, 5) is 0. The molecule has 3 rings (SSSR count). The highest BCUT2D eigenvalue weighted by molar-refractivity contribution is 6.30. The molecule has 134 valence electrons. The lowest BCUT2D eigenvalue weighted by Crippen LogP contribution is -2.13. The molecule has 0 saturated heterocycles. The van der Waals surface area contributed by atoms with Crippen molar-refractivity contribution in [3.05, 3.63) is 70.0 Å². The van der Waals surface area contributed by atoms with Crippen LogP contribution in [0.5, 0.6) is 0 Å². The second-order valence-corrected chi connectivity index (χ2v) is 7.90. The number of rotatable bonds is 6. The van der Waals surface area contributed by atoms with Crippen LogP contribution in [0.3, 0.4) is 0 Å². The fraction of sp³-hybridized carbons (Fsp3) is 0.478. The molecule has 1 fully saturated rings. The highest BCUT2D eigenvalue weighted by atomic mass is 35.5. The maximum atomic E-state index is 13.5. The maximum absolute atomic E-state index is 13.5. The number of hydrogen-bond donors (Lipinski definition) is 0. The van der Waals surface area contributed by atoms with Crippen molar-refractivity contribution >= 4 is 11.6 Å². The molecule has 2 aromatic rings. The molecule has 0 amide bonds. The number of aryl methyl sites for hydroxylation is 2. The Kier molecular flexibility index (Phi) is 6.53. The summed E-state index contributed by atoms with van der Waals surface area (Å²) >= 11 is 5.74. The maximum Gasteiger partial charge on any atom is 0.142 e. The van der Waals surface area contributed by atoms with Crippen LogP contribution < -0.4 is 0 Å². The molecule has 0 N–H and O–H groups in total. The van der Waals surface area contributed by atoms with Crippen molar-refractivity contribution < 1.29 is 4.39 Å². The van der Waals surface area contributed by atoms with Gasteiger partial charge in [0, 0.05) is 0 Å².